The van der Waals surface area contributed by atoms with E-state index in [1.165, 1.54) is 6.42 Å². The van der Waals surface area contributed by atoms with Crippen LogP contribution in [-0.4, -0.2) is 64.2 Å². The molecule has 1 heterocycles. The number of carboxylic acid groups (broad SMARTS) is 1. The van der Waals surface area contributed by atoms with E-state index in [1.807, 2.05) is 11.0 Å². The van der Waals surface area contributed by atoms with Gasteiger partial charge in [0.2, 0.25) is 5.91 Å². The number of rotatable bonds is 5. The Labute approximate surface area is 148 Å². The molecule has 2 N–H and O–H groups in total. The summed E-state index contributed by atoms with van der Waals surface area (Å²) in [6, 6.07) is 6.94. The molecule has 1 aliphatic heterocycles. The van der Waals surface area contributed by atoms with Gasteiger partial charge in [0, 0.05) is 39.1 Å². The first kappa shape index (κ1) is 17.9. The molecular weight excluding hydrogens is 320 g/mol. The van der Waals surface area contributed by atoms with Gasteiger partial charge in [0.25, 0.3) is 0 Å². The largest absolute Gasteiger partial charge is 0.478 e. The fourth-order valence-corrected chi connectivity index (χ4v) is 3.61. The molecule has 1 saturated heterocycles. The molecule has 0 aromatic heterocycles. The van der Waals surface area contributed by atoms with Crippen molar-refractivity contribution in [1.29, 1.82) is 0 Å². The van der Waals surface area contributed by atoms with Gasteiger partial charge in [-0.1, -0.05) is 24.6 Å². The number of carbonyl (C=O) groups excluding carboxylic acids is 1. The standard InChI is InChI=1S/C19H26N2O4/c22-16-12-20(11-15-6-1-2-7-17(15)19(24)25)8-9-21(13-16)18(23)10-14-4-3-5-14/h1-2,6-7,14,16,22H,3-5,8-13H2,(H,24,25)/t16-/m0/s1. The summed E-state index contributed by atoms with van der Waals surface area (Å²) in [7, 11) is 0. The molecule has 0 bridgehead atoms. The molecule has 1 amide bonds. The van der Waals surface area contributed by atoms with Crippen molar-refractivity contribution >= 4 is 11.9 Å². The molecule has 6 nitrogen and oxygen atoms in total. The molecular formula is C19H26N2O4. The van der Waals surface area contributed by atoms with Crippen LogP contribution in [-0.2, 0) is 11.3 Å². The van der Waals surface area contributed by atoms with Crippen LogP contribution in [0.4, 0.5) is 0 Å². The molecule has 0 radical (unpaired) electrons. The number of amides is 1. The van der Waals surface area contributed by atoms with Crippen LogP contribution >= 0.6 is 0 Å². The van der Waals surface area contributed by atoms with E-state index >= 15 is 0 Å². The van der Waals surface area contributed by atoms with E-state index < -0.39 is 12.1 Å². The van der Waals surface area contributed by atoms with E-state index in [0.29, 0.717) is 50.6 Å². The average molecular weight is 346 g/mol. The molecule has 1 aromatic rings. The summed E-state index contributed by atoms with van der Waals surface area (Å²) in [5.74, 6) is -0.286. The van der Waals surface area contributed by atoms with Crippen molar-refractivity contribution in [3.05, 3.63) is 35.4 Å². The summed E-state index contributed by atoms with van der Waals surface area (Å²) in [6.45, 7) is 2.49. The minimum Gasteiger partial charge on any atom is -0.478 e. The van der Waals surface area contributed by atoms with Crippen molar-refractivity contribution in [3.8, 4) is 0 Å². The quantitative estimate of drug-likeness (QED) is 0.846. The Morgan fingerprint density at radius 1 is 1.12 bits per heavy atom. The highest BCUT2D eigenvalue weighted by Crippen LogP contribution is 2.30. The summed E-state index contributed by atoms with van der Waals surface area (Å²) in [4.78, 5) is 27.6. The van der Waals surface area contributed by atoms with E-state index in [2.05, 4.69) is 0 Å². The molecule has 1 saturated carbocycles. The zero-order chi connectivity index (χ0) is 17.8. The number of β-amino-alcohol motifs (C(OH)–C–C–N with tert-alkyl or cyclic N) is 1. The van der Waals surface area contributed by atoms with Gasteiger partial charge in [-0.25, -0.2) is 4.79 Å². The number of hydrogen-bond acceptors (Lipinski definition) is 4. The van der Waals surface area contributed by atoms with Crippen LogP contribution in [0.2, 0.25) is 0 Å². The second-order valence-corrected chi connectivity index (χ2v) is 7.19. The van der Waals surface area contributed by atoms with Gasteiger partial charge in [-0.05, 0) is 30.4 Å². The number of carboxylic acids is 1. The maximum Gasteiger partial charge on any atom is 0.336 e. The Morgan fingerprint density at radius 2 is 1.88 bits per heavy atom. The van der Waals surface area contributed by atoms with Crippen LogP contribution in [0, 0.1) is 5.92 Å². The smallest absolute Gasteiger partial charge is 0.336 e. The van der Waals surface area contributed by atoms with E-state index in [-0.39, 0.29) is 5.91 Å². The maximum absolute atomic E-state index is 12.4. The van der Waals surface area contributed by atoms with Gasteiger partial charge in [-0.3, -0.25) is 9.69 Å². The molecule has 2 fully saturated rings. The van der Waals surface area contributed by atoms with Gasteiger partial charge in [-0.15, -0.1) is 0 Å². The lowest BCUT2D eigenvalue weighted by Gasteiger charge is -2.28. The van der Waals surface area contributed by atoms with Gasteiger partial charge in [0.1, 0.15) is 0 Å². The van der Waals surface area contributed by atoms with E-state index in [0.717, 1.165) is 18.4 Å². The zero-order valence-corrected chi connectivity index (χ0v) is 14.4. The number of hydrogen-bond donors (Lipinski definition) is 2. The predicted molar refractivity (Wildman–Crippen MR) is 93.2 cm³/mol. The minimum atomic E-state index is -0.941. The molecule has 2 aliphatic rings. The average Bonchev–Trinajstić information content (AvgIpc) is 2.72. The second kappa shape index (κ2) is 7.97. The molecule has 25 heavy (non-hydrogen) atoms. The fourth-order valence-electron chi connectivity index (χ4n) is 3.61. The first-order valence-electron chi connectivity index (χ1n) is 9.02. The van der Waals surface area contributed by atoms with Crippen molar-refractivity contribution in [2.45, 2.75) is 38.3 Å². The van der Waals surface area contributed by atoms with E-state index in [1.54, 1.807) is 23.1 Å². The predicted octanol–water partition coefficient (Wildman–Crippen LogP) is 1.58. The van der Waals surface area contributed by atoms with Crippen LogP contribution < -0.4 is 0 Å². The van der Waals surface area contributed by atoms with Crippen molar-refractivity contribution in [1.82, 2.24) is 9.80 Å². The normalized spacial score (nSPS) is 22.3. The topological polar surface area (TPSA) is 81.1 Å². The van der Waals surface area contributed by atoms with E-state index in [9.17, 15) is 19.8 Å². The van der Waals surface area contributed by atoms with E-state index in [4.69, 9.17) is 0 Å². The highest BCUT2D eigenvalue weighted by molar-refractivity contribution is 5.89. The van der Waals surface area contributed by atoms with Gasteiger partial charge < -0.3 is 15.1 Å². The van der Waals surface area contributed by atoms with Gasteiger partial charge >= 0.3 is 5.97 Å². The van der Waals surface area contributed by atoms with Crippen molar-refractivity contribution in [2.75, 3.05) is 26.2 Å². The monoisotopic (exact) mass is 346 g/mol. The Kier molecular flexibility index (Phi) is 5.71. The van der Waals surface area contributed by atoms with Gasteiger partial charge in [0.15, 0.2) is 0 Å². The van der Waals surface area contributed by atoms with Gasteiger partial charge in [0.05, 0.1) is 11.7 Å². The summed E-state index contributed by atoms with van der Waals surface area (Å²) in [5.41, 5.74) is 1.02. The number of carbonyl (C=O) groups is 2. The first-order valence-corrected chi connectivity index (χ1v) is 9.02. The molecule has 1 atom stereocenters. The lowest BCUT2D eigenvalue weighted by atomic mass is 9.82. The van der Waals surface area contributed by atoms with Gasteiger partial charge in [-0.2, -0.15) is 0 Å². The van der Waals surface area contributed by atoms with Crippen LogP contribution in [0.1, 0.15) is 41.6 Å². The first-order chi connectivity index (χ1) is 12.0. The molecule has 0 spiro atoms. The lowest BCUT2D eigenvalue weighted by molar-refractivity contribution is -0.133. The Balaban J connectivity index is 1.61. The third-order valence-electron chi connectivity index (χ3n) is 5.27. The van der Waals surface area contributed by atoms with Crippen molar-refractivity contribution < 1.29 is 19.8 Å². The summed E-state index contributed by atoms with van der Waals surface area (Å²) >= 11 is 0. The summed E-state index contributed by atoms with van der Waals surface area (Å²) in [5, 5.41) is 19.6. The summed E-state index contributed by atoms with van der Waals surface area (Å²) in [6.07, 6.45) is 3.48. The van der Waals surface area contributed by atoms with Crippen LogP contribution in [0.25, 0.3) is 0 Å². The van der Waals surface area contributed by atoms with Crippen molar-refractivity contribution in [2.24, 2.45) is 5.92 Å². The number of aliphatic hydroxyl groups is 1. The number of nitrogens with zero attached hydrogens (tertiary/aromatic N) is 2. The van der Waals surface area contributed by atoms with Crippen LogP contribution in [0.3, 0.4) is 0 Å². The fraction of sp³-hybridized carbons (Fsp3) is 0.579. The summed E-state index contributed by atoms with van der Waals surface area (Å²) < 4.78 is 0. The maximum atomic E-state index is 12.4. The molecule has 3 rings (SSSR count). The highest BCUT2D eigenvalue weighted by atomic mass is 16.4. The number of aliphatic hydroxyl groups excluding tert-OH is 1. The van der Waals surface area contributed by atoms with Crippen molar-refractivity contribution in [3.63, 3.8) is 0 Å². The molecule has 6 heteroatoms. The molecule has 1 aromatic carbocycles. The third-order valence-corrected chi connectivity index (χ3v) is 5.27. The Hall–Kier alpha value is -1.92. The highest BCUT2D eigenvalue weighted by Gasteiger charge is 2.28. The second-order valence-electron chi connectivity index (χ2n) is 7.19. The SMILES string of the molecule is O=C(O)c1ccccc1CN1CCN(C(=O)CC2CCC2)C[C@@H](O)C1. The zero-order valence-electron chi connectivity index (χ0n) is 14.4. The number of aromatic carboxylic acids is 1. The minimum absolute atomic E-state index is 0.136. The molecule has 1 aliphatic carbocycles. The number of benzene rings is 1. The lowest BCUT2D eigenvalue weighted by Crippen LogP contribution is -2.39. The van der Waals surface area contributed by atoms with Crippen LogP contribution in [0.5, 0.6) is 0 Å². The third kappa shape index (κ3) is 4.58. The molecule has 0 unspecified atom stereocenters. The Morgan fingerprint density at radius 3 is 2.56 bits per heavy atom. The van der Waals surface area contributed by atoms with Crippen LogP contribution in [0.15, 0.2) is 24.3 Å². The Bertz CT molecular complexity index is 630. The molecule has 136 valence electrons.